The Labute approximate surface area is 197 Å². The van der Waals surface area contributed by atoms with Crippen molar-refractivity contribution in [3.63, 3.8) is 0 Å². The van der Waals surface area contributed by atoms with Gasteiger partial charge < -0.3 is 25.0 Å². The molecule has 0 aromatic heterocycles. The molecule has 5 rings (SSSR count). The number of carbonyl (C=O) groups excluding carboxylic acids is 4. The van der Waals surface area contributed by atoms with Gasteiger partial charge in [0.25, 0.3) is 5.91 Å². The van der Waals surface area contributed by atoms with E-state index in [2.05, 4.69) is 10.6 Å². The van der Waals surface area contributed by atoms with Crippen LogP contribution in [0.25, 0.3) is 0 Å². The monoisotopic (exact) mass is 470 g/mol. The van der Waals surface area contributed by atoms with Crippen molar-refractivity contribution in [1.29, 1.82) is 0 Å². The predicted molar refractivity (Wildman–Crippen MR) is 121 cm³/mol. The van der Waals surface area contributed by atoms with Gasteiger partial charge in [0, 0.05) is 30.8 Å². The van der Waals surface area contributed by atoms with Crippen molar-refractivity contribution >= 4 is 29.4 Å². The summed E-state index contributed by atoms with van der Waals surface area (Å²) < 4.78 is 10.6. The molecule has 182 valence electrons. The van der Waals surface area contributed by atoms with Crippen LogP contribution in [0.15, 0.2) is 18.2 Å². The van der Waals surface area contributed by atoms with Gasteiger partial charge in [-0.05, 0) is 43.7 Å². The van der Waals surface area contributed by atoms with Gasteiger partial charge in [-0.15, -0.1) is 0 Å². The van der Waals surface area contributed by atoms with Gasteiger partial charge in [0.2, 0.25) is 18.6 Å². The van der Waals surface area contributed by atoms with Gasteiger partial charge in [-0.3, -0.25) is 19.3 Å². The average molecular weight is 471 g/mol. The highest BCUT2D eigenvalue weighted by Crippen LogP contribution is 2.38. The van der Waals surface area contributed by atoms with E-state index < -0.39 is 11.6 Å². The number of nitrogens with one attached hydrogen (secondary N) is 2. The molecule has 3 aliphatic heterocycles. The smallest absolute Gasteiger partial charge is 0.325 e. The van der Waals surface area contributed by atoms with Crippen molar-refractivity contribution in [3.05, 3.63) is 18.2 Å². The molecule has 2 saturated heterocycles. The Hall–Kier alpha value is -3.30. The first-order valence-electron chi connectivity index (χ1n) is 12.0. The fraction of sp³-hybridized carbons (Fsp3) is 0.583. The maximum atomic E-state index is 13.1. The minimum atomic E-state index is -0.866. The number of carbonyl (C=O) groups is 4. The molecule has 1 saturated carbocycles. The van der Waals surface area contributed by atoms with Crippen LogP contribution in [-0.2, 0) is 14.4 Å². The number of urea groups is 1. The SMILES string of the molecule is C[C@@H]1CCCC[C@]12NC(=O)N(CC(=O)N1CCC(C(=O)Nc3ccc4c(c3)OCO4)CC1)C2=O. The van der Waals surface area contributed by atoms with Crippen molar-refractivity contribution in [2.45, 2.75) is 51.0 Å². The number of likely N-dealkylation sites (tertiary alicyclic amines) is 1. The molecule has 3 fully saturated rings. The molecule has 5 amide bonds. The Morgan fingerprint density at radius 1 is 1.12 bits per heavy atom. The number of amides is 5. The number of hydrogen-bond donors (Lipinski definition) is 2. The van der Waals surface area contributed by atoms with Gasteiger partial charge in [-0.25, -0.2) is 4.79 Å². The van der Waals surface area contributed by atoms with Crippen LogP contribution in [0.1, 0.15) is 45.4 Å². The molecule has 1 aliphatic carbocycles. The second-order valence-electron chi connectivity index (χ2n) is 9.65. The third kappa shape index (κ3) is 3.95. The molecular weight excluding hydrogens is 440 g/mol. The standard InChI is InChI=1S/C24H30N4O6/c1-15-4-2-3-9-24(15)22(31)28(23(32)26-24)13-20(29)27-10-7-16(8-11-27)21(30)25-17-5-6-18-19(12-17)34-14-33-18/h5-6,12,15-16H,2-4,7-11,13-14H2,1H3,(H,25,30)(H,26,32)/t15-,24+/m1/s1. The Balaban J connectivity index is 1.14. The number of ether oxygens (including phenoxy) is 2. The third-order valence-electron chi connectivity index (χ3n) is 7.65. The first-order chi connectivity index (χ1) is 16.4. The summed E-state index contributed by atoms with van der Waals surface area (Å²) >= 11 is 0. The second-order valence-corrected chi connectivity index (χ2v) is 9.65. The van der Waals surface area contributed by atoms with Gasteiger partial charge >= 0.3 is 6.03 Å². The van der Waals surface area contributed by atoms with E-state index >= 15 is 0 Å². The van der Waals surface area contributed by atoms with E-state index in [1.165, 1.54) is 0 Å². The minimum Gasteiger partial charge on any atom is -0.454 e. The lowest BCUT2D eigenvalue weighted by atomic mass is 9.73. The molecule has 34 heavy (non-hydrogen) atoms. The van der Waals surface area contributed by atoms with Crippen LogP contribution in [0, 0.1) is 11.8 Å². The lowest BCUT2D eigenvalue weighted by Crippen LogP contribution is -2.54. The summed E-state index contributed by atoms with van der Waals surface area (Å²) in [5.74, 6) is 0.430. The number of imide groups is 1. The number of nitrogens with zero attached hydrogens (tertiary/aromatic N) is 2. The van der Waals surface area contributed by atoms with Crippen LogP contribution >= 0.6 is 0 Å². The Morgan fingerprint density at radius 2 is 1.88 bits per heavy atom. The van der Waals surface area contributed by atoms with Gasteiger partial charge in [0.05, 0.1) is 0 Å². The van der Waals surface area contributed by atoms with E-state index in [4.69, 9.17) is 9.47 Å². The van der Waals surface area contributed by atoms with E-state index in [0.717, 1.165) is 24.2 Å². The summed E-state index contributed by atoms with van der Waals surface area (Å²) in [5, 5.41) is 5.79. The van der Waals surface area contributed by atoms with Crippen molar-refractivity contribution in [2.75, 3.05) is 31.7 Å². The Morgan fingerprint density at radius 3 is 2.65 bits per heavy atom. The Kier molecular flexibility index (Phi) is 5.83. The number of hydrogen-bond acceptors (Lipinski definition) is 6. The van der Waals surface area contributed by atoms with Crippen molar-refractivity contribution in [3.8, 4) is 11.5 Å². The maximum Gasteiger partial charge on any atom is 0.325 e. The summed E-state index contributed by atoms with van der Waals surface area (Å²) in [7, 11) is 0. The summed E-state index contributed by atoms with van der Waals surface area (Å²) in [6, 6.07) is 4.77. The minimum absolute atomic E-state index is 0.0526. The quantitative estimate of drug-likeness (QED) is 0.651. The van der Waals surface area contributed by atoms with E-state index in [0.29, 0.717) is 49.5 Å². The van der Waals surface area contributed by atoms with Crippen LogP contribution < -0.4 is 20.1 Å². The van der Waals surface area contributed by atoms with Crippen LogP contribution in [0.3, 0.4) is 0 Å². The van der Waals surface area contributed by atoms with Crippen LogP contribution in [0.5, 0.6) is 11.5 Å². The molecule has 10 nitrogen and oxygen atoms in total. The number of piperidine rings is 1. The van der Waals surface area contributed by atoms with Gasteiger partial charge in [-0.2, -0.15) is 0 Å². The first kappa shape index (κ1) is 22.5. The molecule has 0 radical (unpaired) electrons. The molecule has 2 N–H and O–H groups in total. The topological polar surface area (TPSA) is 117 Å². The summed E-state index contributed by atoms with van der Waals surface area (Å²) in [6.07, 6.45) is 4.47. The molecule has 10 heteroatoms. The highest BCUT2D eigenvalue weighted by Gasteiger charge is 2.55. The van der Waals surface area contributed by atoms with Crippen LogP contribution in [-0.4, -0.2) is 65.5 Å². The van der Waals surface area contributed by atoms with Gasteiger partial charge in [0.1, 0.15) is 12.1 Å². The van der Waals surface area contributed by atoms with E-state index in [-0.39, 0.29) is 42.9 Å². The van der Waals surface area contributed by atoms with Gasteiger partial charge in [-0.1, -0.05) is 19.8 Å². The highest BCUT2D eigenvalue weighted by molar-refractivity contribution is 6.09. The normalized spacial score (nSPS) is 26.7. The molecule has 3 heterocycles. The lowest BCUT2D eigenvalue weighted by molar-refractivity contribution is -0.141. The fourth-order valence-electron chi connectivity index (χ4n) is 5.48. The summed E-state index contributed by atoms with van der Waals surface area (Å²) in [6.45, 7) is 2.71. The second kappa shape index (κ2) is 8.81. The molecular formula is C24H30N4O6. The van der Waals surface area contributed by atoms with Crippen molar-refractivity contribution < 1.29 is 28.7 Å². The zero-order chi connectivity index (χ0) is 23.9. The van der Waals surface area contributed by atoms with E-state index in [9.17, 15) is 19.2 Å². The predicted octanol–water partition coefficient (Wildman–Crippen LogP) is 2.09. The summed E-state index contributed by atoms with van der Waals surface area (Å²) in [4.78, 5) is 54.0. The number of fused-ring (bicyclic) bond motifs is 1. The zero-order valence-corrected chi connectivity index (χ0v) is 19.3. The molecule has 1 spiro atoms. The number of anilines is 1. The zero-order valence-electron chi connectivity index (χ0n) is 19.3. The summed E-state index contributed by atoms with van der Waals surface area (Å²) in [5.41, 5.74) is -0.229. The largest absolute Gasteiger partial charge is 0.454 e. The van der Waals surface area contributed by atoms with Crippen molar-refractivity contribution in [2.24, 2.45) is 11.8 Å². The molecule has 4 aliphatic rings. The lowest BCUT2D eigenvalue weighted by Gasteiger charge is -2.37. The van der Waals surface area contributed by atoms with Crippen LogP contribution in [0.4, 0.5) is 10.5 Å². The molecule has 1 aromatic carbocycles. The fourth-order valence-corrected chi connectivity index (χ4v) is 5.48. The number of benzene rings is 1. The first-order valence-corrected chi connectivity index (χ1v) is 12.0. The van der Waals surface area contributed by atoms with E-state index in [1.54, 1.807) is 23.1 Å². The average Bonchev–Trinajstić information content (AvgIpc) is 3.39. The molecule has 0 unspecified atom stereocenters. The molecule has 0 bridgehead atoms. The molecule has 1 aromatic rings. The van der Waals surface area contributed by atoms with Crippen LogP contribution in [0.2, 0.25) is 0 Å². The molecule has 2 atom stereocenters. The number of rotatable bonds is 4. The van der Waals surface area contributed by atoms with E-state index in [1.807, 2.05) is 6.92 Å². The third-order valence-corrected chi connectivity index (χ3v) is 7.65. The van der Waals surface area contributed by atoms with Gasteiger partial charge in [0.15, 0.2) is 11.5 Å². The maximum absolute atomic E-state index is 13.1. The Bertz CT molecular complexity index is 1020. The highest BCUT2D eigenvalue weighted by atomic mass is 16.7. The van der Waals surface area contributed by atoms with Crippen molar-refractivity contribution in [1.82, 2.24) is 15.1 Å².